The zero-order valence-electron chi connectivity index (χ0n) is 39.2. The average molecular weight is 914 g/mol. The van der Waals surface area contributed by atoms with E-state index in [2.05, 4.69) is 80.2 Å². The van der Waals surface area contributed by atoms with Gasteiger partial charge in [-0.3, -0.25) is 9.80 Å². The Labute approximate surface area is 384 Å². The monoisotopic (exact) mass is 913 g/mol. The van der Waals surface area contributed by atoms with Crippen LogP contribution in [0.15, 0.2) is 0 Å². The van der Waals surface area contributed by atoms with Crippen molar-refractivity contribution in [1.82, 2.24) is 80.2 Å². The van der Waals surface area contributed by atoms with Crippen LogP contribution in [0.1, 0.15) is 81.1 Å². The lowest BCUT2D eigenvalue weighted by Gasteiger charge is -2.22. The Hall–Kier alpha value is -5.43. The van der Waals surface area contributed by atoms with Crippen LogP contribution >= 0.6 is 12.4 Å². The Morgan fingerprint density at radius 3 is 0.812 bits per heavy atom. The summed E-state index contributed by atoms with van der Waals surface area (Å²) in [6.45, 7) is 7.17. The maximum atomic E-state index is 6.01. The van der Waals surface area contributed by atoms with E-state index in [1.54, 1.807) is 0 Å². The number of nitrogen functional groups attached to an aromatic ring is 4. The van der Waals surface area contributed by atoms with Crippen molar-refractivity contribution < 1.29 is 0 Å². The maximum Gasteiger partial charge on any atom is 0.229 e. The molecule has 4 aromatic rings. The molecule has 0 aromatic carbocycles. The summed E-state index contributed by atoms with van der Waals surface area (Å²) in [5.74, 6) is 5.16. The SMILES string of the molecule is CN(C)c1nc(N)nc(CN(CCCNCCCCCCCCCNCCCN(Cc2nc(N)nc(N(C)C)n2)Cc2nc(N)nc(N(C)C)n2)Cc2nc(N)nc(N(C)C)n2)n1.Cl. The second-order valence-electron chi connectivity index (χ2n) is 16.3. The second-order valence-corrected chi connectivity index (χ2v) is 16.3. The molecule has 25 heteroatoms. The molecule has 0 saturated carbocycles. The number of anilines is 8. The fourth-order valence-corrected chi connectivity index (χ4v) is 6.50. The van der Waals surface area contributed by atoms with E-state index in [1.807, 2.05) is 76.0 Å². The summed E-state index contributed by atoms with van der Waals surface area (Å²) >= 11 is 0. The lowest BCUT2D eigenvalue weighted by atomic mass is 10.1. The molecule has 0 spiro atoms. The van der Waals surface area contributed by atoms with Gasteiger partial charge in [0.2, 0.25) is 47.6 Å². The van der Waals surface area contributed by atoms with Crippen LogP contribution in [0.2, 0.25) is 0 Å². The molecule has 356 valence electrons. The normalized spacial score (nSPS) is 11.3. The number of halogens is 1. The van der Waals surface area contributed by atoms with Gasteiger partial charge in [0.25, 0.3) is 0 Å². The highest BCUT2D eigenvalue weighted by Crippen LogP contribution is 2.15. The quantitative estimate of drug-likeness (QED) is 0.0395. The Bertz CT molecular complexity index is 1690. The molecule has 0 radical (unpaired) electrons. The lowest BCUT2D eigenvalue weighted by Crippen LogP contribution is -2.30. The van der Waals surface area contributed by atoms with Gasteiger partial charge in [-0.2, -0.15) is 59.8 Å². The molecule has 0 aliphatic rings. The van der Waals surface area contributed by atoms with Gasteiger partial charge >= 0.3 is 0 Å². The fourth-order valence-electron chi connectivity index (χ4n) is 6.50. The number of hydrogen-bond donors (Lipinski definition) is 6. The van der Waals surface area contributed by atoms with Crippen molar-refractivity contribution in [2.45, 2.75) is 84.0 Å². The first-order chi connectivity index (χ1) is 30.1. The van der Waals surface area contributed by atoms with E-state index >= 15 is 0 Å². The van der Waals surface area contributed by atoms with Crippen LogP contribution in [0.25, 0.3) is 0 Å². The molecule has 0 aliphatic carbocycles. The Kier molecular flexibility index (Phi) is 22.9. The third-order valence-electron chi connectivity index (χ3n) is 9.67. The van der Waals surface area contributed by atoms with E-state index in [9.17, 15) is 0 Å². The van der Waals surface area contributed by atoms with Crippen LogP contribution in [0.3, 0.4) is 0 Å². The number of rotatable bonds is 30. The Balaban J connectivity index is 0.0000109. The van der Waals surface area contributed by atoms with Gasteiger partial charge in [-0.15, -0.1) is 12.4 Å². The third-order valence-corrected chi connectivity index (χ3v) is 9.67. The molecular formula is C39H73ClN24. The molecule has 4 aromatic heterocycles. The average Bonchev–Trinajstić information content (AvgIpc) is 3.20. The van der Waals surface area contributed by atoms with Gasteiger partial charge in [0.1, 0.15) is 23.3 Å². The molecule has 4 heterocycles. The van der Waals surface area contributed by atoms with Crippen LogP contribution in [0, 0.1) is 0 Å². The maximum absolute atomic E-state index is 6.01. The smallest absolute Gasteiger partial charge is 0.229 e. The van der Waals surface area contributed by atoms with Crippen molar-refractivity contribution in [3.63, 3.8) is 0 Å². The number of nitrogens with one attached hydrogen (secondary N) is 2. The summed E-state index contributed by atoms with van der Waals surface area (Å²) in [5, 5.41) is 7.23. The molecule has 0 fully saturated rings. The third kappa shape index (κ3) is 19.5. The molecule has 0 saturated heterocycles. The van der Waals surface area contributed by atoms with Crippen LogP contribution in [-0.2, 0) is 26.2 Å². The molecule has 0 unspecified atom stereocenters. The summed E-state index contributed by atoms with van der Waals surface area (Å²) in [7, 11) is 15.0. The number of hydrogen-bond acceptors (Lipinski definition) is 24. The van der Waals surface area contributed by atoms with E-state index in [0.717, 1.165) is 65.0 Å². The summed E-state index contributed by atoms with van der Waals surface area (Å²) in [6.07, 6.45) is 10.4. The molecule has 0 aliphatic heterocycles. The van der Waals surface area contributed by atoms with Crippen molar-refractivity contribution in [1.29, 1.82) is 0 Å². The van der Waals surface area contributed by atoms with Crippen LogP contribution in [0.5, 0.6) is 0 Å². The van der Waals surface area contributed by atoms with Gasteiger partial charge in [0.15, 0.2) is 0 Å². The minimum Gasteiger partial charge on any atom is -0.368 e. The van der Waals surface area contributed by atoms with E-state index in [-0.39, 0.29) is 36.2 Å². The number of aromatic nitrogens is 12. The summed E-state index contributed by atoms with van der Waals surface area (Å²) in [5.41, 5.74) is 24.0. The van der Waals surface area contributed by atoms with Gasteiger partial charge in [-0.25, -0.2) is 0 Å². The first kappa shape index (κ1) is 52.9. The van der Waals surface area contributed by atoms with Gasteiger partial charge in [0, 0.05) is 69.5 Å². The summed E-state index contributed by atoms with van der Waals surface area (Å²) < 4.78 is 0. The standard InChI is InChI=1S/C39H72N24.ClH/c1-58(2)36-50-28(46-32(40)54-36)24-62(25-29-47-33(41)55-37(51-29)59(3)4)22-16-20-44-18-14-12-10-9-11-13-15-19-45-21-17-23-63(26-30-48-34(42)56-38(52-30)60(5)6)27-31-49-35(43)57-39(53-31)61(7)8;/h44-45H,9-27H2,1-8H3,(H2,40,46,50,54)(H2,41,47,51,55)(H2,42,48,52,56)(H2,43,49,53,57);1H. The predicted molar refractivity (Wildman–Crippen MR) is 257 cm³/mol. The summed E-state index contributed by atoms with van der Waals surface area (Å²) in [6, 6.07) is 0. The van der Waals surface area contributed by atoms with E-state index in [1.165, 1.54) is 32.1 Å². The van der Waals surface area contributed by atoms with E-state index < -0.39 is 0 Å². The molecule has 24 nitrogen and oxygen atoms in total. The van der Waals surface area contributed by atoms with Gasteiger partial charge < -0.3 is 53.2 Å². The zero-order valence-corrected chi connectivity index (χ0v) is 40.0. The van der Waals surface area contributed by atoms with E-state index in [0.29, 0.717) is 73.3 Å². The molecule has 64 heavy (non-hydrogen) atoms. The summed E-state index contributed by atoms with van der Waals surface area (Å²) in [4.78, 5) is 64.5. The topological polar surface area (TPSA) is 302 Å². The molecular weight excluding hydrogens is 840 g/mol. The van der Waals surface area contributed by atoms with Crippen LogP contribution in [-0.4, -0.2) is 165 Å². The van der Waals surface area contributed by atoms with E-state index in [4.69, 9.17) is 22.9 Å². The van der Waals surface area contributed by atoms with Gasteiger partial charge in [-0.1, -0.05) is 32.1 Å². The highest BCUT2D eigenvalue weighted by Gasteiger charge is 2.17. The zero-order chi connectivity index (χ0) is 45.7. The first-order valence-electron chi connectivity index (χ1n) is 21.7. The molecule has 4 rings (SSSR count). The molecule has 0 bridgehead atoms. The minimum absolute atomic E-state index is 0. The van der Waals surface area contributed by atoms with Gasteiger partial charge in [0.05, 0.1) is 26.2 Å². The first-order valence-corrected chi connectivity index (χ1v) is 21.7. The molecule has 10 N–H and O–H groups in total. The van der Waals surface area contributed by atoms with Crippen molar-refractivity contribution in [2.24, 2.45) is 0 Å². The molecule has 0 amide bonds. The highest BCUT2D eigenvalue weighted by molar-refractivity contribution is 5.85. The van der Waals surface area contributed by atoms with Gasteiger partial charge in [-0.05, 0) is 51.9 Å². The highest BCUT2D eigenvalue weighted by atomic mass is 35.5. The number of nitrogens with two attached hydrogens (primary N) is 4. The second kappa shape index (κ2) is 27.7. The van der Waals surface area contributed by atoms with Crippen LogP contribution < -0.4 is 53.2 Å². The van der Waals surface area contributed by atoms with Crippen molar-refractivity contribution >= 4 is 60.0 Å². The van der Waals surface area contributed by atoms with Crippen LogP contribution in [0.4, 0.5) is 47.6 Å². The largest absolute Gasteiger partial charge is 0.368 e. The molecule has 0 atom stereocenters. The number of nitrogens with zero attached hydrogens (tertiary/aromatic N) is 18. The van der Waals surface area contributed by atoms with Crippen molar-refractivity contribution in [2.75, 3.05) is 138 Å². The fraction of sp³-hybridized carbons (Fsp3) is 0.692. The van der Waals surface area contributed by atoms with Crippen molar-refractivity contribution in [3.05, 3.63) is 23.3 Å². The van der Waals surface area contributed by atoms with Crippen molar-refractivity contribution in [3.8, 4) is 0 Å². The predicted octanol–water partition coefficient (Wildman–Crippen LogP) is 0.836. The Morgan fingerprint density at radius 1 is 0.328 bits per heavy atom. The minimum atomic E-state index is 0. The number of unbranched alkanes of at least 4 members (excludes halogenated alkanes) is 6. The Morgan fingerprint density at radius 2 is 0.562 bits per heavy atom. The lowest BCUT2D eigenvalue weighted by molar-refractivity contribution is 0.240.